The highest BCUT2D eigenvalue weighted by molar-refractivity contribution is 6.33. The maximum absolute atomic E-state index is 11.0. The summed E-state index contributed by atoms with van der Waals surface area (Å²) in [6, 6.07) is 5.39. The number of nitrogen functional groups attached to an aromatic ring is 1. The molecule has 1 saturated heterocycles. The summed E-state index contributed by atoms with van der Waals surface area (Å²) in [7, 11) is 0. The van der Waals surface area contributed by atoms with Gasteiger partial charge in [-0.2, -0.15) is 0 Å². The zero-order valence-electron chi connectivity index (χ0n) is 8.09. The molecule has 0 radical (unpaired) electrons. The van der Waals surface area contributed by atoms with Crippen LogP contribution in [0.2, 0.25) is 5.02 Å². The van der Waals surface area contributed by atoms with Gasteiger partial charge in [-0.1, -0.05) is 11.6 Å². The Balaban J connectivity index is 2.07. The smallest absolute Gasteiger partial charge is 0.222 e. The molecule has 2 rings (SSSR count). The summed E-state index contributed by atoms with van der Waals surface area (Å²) in [6.45, 7) is 0.638. The molecular formula is C10H12ClN3O. The Morgan fingerprint density at radius 1 is 1.53 bits per heavy atom. The number of anilines is 2. The summed E-state index contributed by atoms with van der Waals surface area (Å²) in [5.74, 6) is 0.0686. The zero-order chi connectivity index (χ0) is 10.8. The van der Waals surface area contributed by atoms with Gasteiger partial charge in [0.15, 0.2) is 0 Å². The van der Waals surface area contributed by atoms with Crippen LogP contribution in [0, 0.1) is 0 Å². The first-order chi connectivity index (χ1) is 7.15. The Morgan fingerprint density at radius 2 is 2.33 bits per heavy atom. The lowest BCUT2D eigenvalue weighted by molar-refractivity contribution is -0.119. The number of halogens is 1. The first-order valence-electron chi connectivity index (χ1n) is 4.73. The van der Waals surface area contributed by atoms with Crippen molar-refractivity contribution in [1.29, 1.82) is 0 Å². The zero-order valence-corrected chi connectivity index (χ0v) is 8.84. The lowest BCUT2D eigenvalue weighted by Crippen LogP contribution is -2.22. The van der Waals surface area contributed by atoms with Gasteiger partial charge in [0.25, 0.3) is 0 Å². The van der Waals surface area contributed by atoms with E-state index in [2.05, 4.69) is 10.6 Å². The van der Waals surface area contributed by atoms with Crippen LogP contribution in [0.4, 0.5) is 11.4 Å². The van der Waals surface area contributed by atoms with Gasteiger partial charge >= 0.3 is 0 Å². The van der Waals surface area contributed by atoms with Crippen molar-refractivity contribution in [2.24, 2.45) is 0 Å². The lowest BCUT2D eigenvalue weighted by atomic mass is 10.2. The summed E-state index contributed by atoms with van der Waals surface area (Å²) >= 11 is 6.00. The van der Waals surface area contributed by atoms with E-state index in [1.54, 1.807) is 12.1 Å². The summed E-state index contributed by atoms with van der Waals surface area (Å²) < 4.78 is 0. The second kappa shape index (κ2) is 3.98. The highest BCUT2D eigenvalue weighted by Crippen LogP contribution is 2.25. The van der Waals surface area contributed by atoms with Crippen LogP contribution in [0.25, 0.3) is 0 Å². The molecule has 4 N–H and O–H groups in total. The lowest BCUT2D eigenvalue weighted by Gasteiger charge is -2.13. The van der Waals surface area contributed by atoms with Gasteiger partial charge in [0.1, 0.15) is 0 Å². The average Bonchev–Trinajstić information content (AvgIpc) is 2.56. The van der Waals surface area contributed by atoms with Crippen molar-refractivity contribution in [3.8, 4) is 0 Å². The number of carbonyl (C=O) groups excluding carboxylic acids is 1. The fraction of sp³-hybridized carbons (Fsp3) is 0.300. The quantitative estimate of drug-likeness (QED) is 0.663. The molecule has 1 atom stereocenters. The number of rotatable bonds is 2. The highest BCUT2D eigenvalue weighted by Gasteiger charge is 2.21. The molecule has 0 bridgehead atoms. The molecule has 1 amide bonds. The summed E-state index contributed by atoms with van der Waals surface area (Å²) in [5, 5.41) is 6.53. The van der Waals surface area contributed by atoms with Gasteiger partial charge in [-0.3, -0.25) is 4.79 Å². The molecule has 80 valence electrons. The maximum atomic E-state index is 11.0. The molecule has 1 aromatic carbocycles. The Kier molecular flexibility index (Phi) is 2.68. The molecule has 1 unspecified atom stereocenters. The van der Waals surface area contributed by atoms with Crippen LogP contribution in [-0.4, -0.2) is 18.5 Å². The van der Waals surface area contributed by atoms with Crippen molar-refractivity contribution < 1.29 is 4.79 Å². The van der Waals surface area contributed by atoms with Gasteiger partial charge in [-0.05, 0) is 18.2 Å². The van der Waals surface area contributed by atoms with Crippen molar-refractivity contribution in [2.45, 2.75) is 12.5 Å². The van der Waals surface area contributed by atoms with Gasteiger partial charge in [0.2, 0.25) is 5.91 Å². The van der Waals surface area contributed by atoms with Crippen molar-refractivity contribution in [2.75, 3.05) is 17.6 Å². The van der Waals surface area contributed by atoms with E-state index in [-0.39, 0.29) is 11.9 Å². The Bertz CT molecular complexity index is 394. The van der Waals surface area contributed by atoms with Crippen LogP contribution >= 0.6 is 11.6 Å². The molecule has 0 saturated carbocycles. The first-order valence-corrected chi connectivity index (χ1v) is 5.11. The molecule has 1 fully saturated rings. The molecule has 0 aliphatic carbocycles. The standard InChI is InChI=1S/C10H12ClN3O/c11-8-3-6(12)1-2-9(8)14-7-4-10(15)13-5-7/h1-3,7,14H,4-5,12H2,(H,13,15). The SMILES string of the molecule is Nc1ccc(NC2CNC(=O)C2)c(Cl)c1. The molecule has 1 aliphatic heterocycles. The predicted octanol–water partition coefficient (Wildman–Crippen LogP) is 1.22. The van der Waals surface area contributed by atoms with Gasteiger partial charge in [-0.25, -0.2) is 0 Å². The van der Waals surface area contributed by atoms with Gasteiger partial charge in [0, 0.05) is 18.7 Å². The Morgan fingerprint density at radius 3 is 2.93 bits per heavy atom. The Labute approximate surface area is 92.8 Å². The fourth-order valence-electron chi connectivity index (χ4n) is 1.58. The third kappa shape index (κ3) is 2.33. The molecular weight excluding hydrogens is 214 g/mol. The molecule has 0 aromatic heterocycles. The average molecular weight is 226 g/mol. The number of nitrogens with two attached hydrogens (primary N) is 1. The van der Waals surface area contributed by atoms with E-state index in [4.69, 9.17) is 17.3 Å². The molecule has 0 spiro atoms. The topological polar surface area (TPSA) is 67.2 Å². The fourth-order valence-corrected chi connectivity index (χ4v) is 1.82. The number of amides is 1. The monoisotopic (exact) mass is 225 g/mol. The minimum atomic E-state index is 0.0686. The second-order valence-electron chi connectivity index (χ2n) is 3.59. The normalized spacial score (nSPS) is 20.1. The molecule has 1 aliphatic rings. The third-order valence-corrected chi connectivity index (χ3v) is 2.64. The van der Waals surface area contributed by atoms with E-state index >= 15 is 0 Å². The van der Waals surface area contributed by atoms with E-state index < -0.39 is 0 Å². The minimum Gasteiger partial charge on any atom is -0.399 e. The first kappa shape index (κ1) is 10.1. The summed E-state index contributed by atoms with van der Waals surface area (Å²) in [4.78, 5) is 11.0. The summed E-state index contributed by atoms with van der Waals surface area (Å²) in [6.07, 6.45) is 0.487. The maximum Gasteiger partial charge on any atom is 0.222 e. The van der Waals surface area contributed by atoms with Crippen molar-refractivity contribution in [3.63, 3.8) is 0 Å². The number of hydrogen-bond acceptors (Lipinski definition) is 3. The third-order valence-electron chi connectivity index (χ3n) is 2.33. The molecule has 1 aromatic rings. The van der Waals surface area contributed by atoms with Gasteiger partial charge in [0.05, 0.1) is 16.8 Å². The van der Waals surface area contributed by atoms with Gasteiger partial charge in [-0.15, -0.1) is 0 Å². The van der Waals surface area contributed by atoms with Crippen LogP contribution in [0.15, 0.2) is 18.2 Å². The van der Waals surface area contributed by atoms with Crippen LogP contribution in [0.3, 0.4) is 0 Å². The second-order valence-corrected chi connectivity index (χ2v) is 4.00. The van der Waals surface area contributed by atoms with Gasteiger partial charge < -0.3 is 16.4 Å². The van der Waals surface area contributed by atoms with E-state index in [9.17, 15) is 4.79 Å². The number of hydrogen-bond donors (Lipinski definition) is 3. The van der Waals surface area contributed by atoms with Crippen molar-refractivity contribution in [3.05, 3.63) is 23.2 Å². The number of carbonyl (C=O) groups is 1. The van der Waals surface area contributed by atoms with Crippen LogP contribution in [0.1, 0.15) is 6.42 Å². The van der Waals surface area contributed by atoms with Crippen LogP contribution in [-0.2, 0) is 4.79 Å². The Hall–Kier alpha value is -1.42. The molecule has 1 heterocycles. The van der Waals surface area contributed by atoms with Crippen molar-refractivity contribution in [1.82, 2.24) is 5.32 Å². The number of benzene rings is 1. The van der Waals surface area contributed by atoms with E-state index in [1.165, 1.54) is 0 Å². The minimum absolute atomic E-state index is 0.0686. The molecule has 4 nitrogen and oxygen atoms in total. The number of nitrogens with one attached hydrogen (secondary N) is 2. The molecule has 15 heavy (non-hydrogen) atoms. The van der Waals surface area contributed by atoms with Crippen LogP contribution in [0.5, 0.6) is 0 Å². The van der Waals surface area contributed by atoms with Crippen LogP contribution < -0.4 is 16.4 Å². The highest BCUT2D eigenvalue weighted by atomic mass is 35.5. The largest absolute Gasteiger partial charge is 0.399 e. The van der Waals surface area contributed by atoms with Crippen molar-refractivity contribution >= 4 is 28.9 Å². The van der Waals surface area contributed by atoms with E-state index in [1.807, 2.05) is 6.07 Å². The predicted molar refractivity (Wildman–Crippen MR) is 60.9 cm³/mol. The summed E-state index contributed by atoms with van der Waals surface area (Å²) in [5.41, 5.74) is 7.02. The van der Waals surface area contributed by atoms with E-state index in [0.717, 1.165) is 5.69 Å². The molecule has 5 heteroatoms. The van der Waals surface area contributed by atoms with E-state index in [0.29, 0.717) is 23.7 Å².